The molecule has 0 saturated heterocycles. The largest absolute Gasteiger partial charge is 0.494 e. The van der Waals surface area contributed by atoms with Crippen molar-refractivity contribution in [2.45, 2.75) is 13.3 Å². The predicted octanol–water partition coefficient (Wildman–Crippen LogP) is 3.72. The van der Waals surface area contributed by atoms with Gasteiger partial charge in [0.15, 0.2) is 5.78 Å². The quantitative estimate of drug-likeness (QED) is 0.811. The SMILES string of the molecule is CCOc1ccc2c(c1)C(=O)/C(=C/c1ccncc1)C2.Cl. The Morgan fingerprint density at radius 2 is 2.00 bits per heavy atom. The lowest BCUT2D eigenvalue weighted by atomic mass is 10.1. The Hall–Kier alpha value is -2.13. The van der Waals surface area contributed by atoms with E-state index in [1.807, 2.05) is 43.3 Å². The Labute approximate surface area is 130 Å². The van der Waals surface area contributed by atoms with E-state index in [1.165, 1.54) is 0 Å². The molecule has 1 aromatic heterocycles. The molecule has 0 N–H and O–H groups in total. The molecule has 3 rings (SSSR count). The fraction of sp³-hybridized carbons (Fsp3) is 0.176. The molecule has 0 aliphatic heterocycles. The van der Waals surface area contributed by atoms with Crippen LogP contribution in [0.25, 0.3) is 6.08 Å². The van der Waals surface area contributed by atoms with Gasteiger partial charge in [0.2, 0.25) is 0 Å². The summed E-state index contributed by atoms with van der Waals surface area (Å²) in [6.45, 7) is 2.54. The minimum absolute atomic E-state index is 0. The highest BCUT2D eigenvalue weighted by molar-refractivity contribution is 6.15. The van der Waals surface area contributed by atoms with Gasteiger partial charge in [-0.05, 0) is 48.4 Å². The number of benzene rings is 1. The van der Waals surface area contributed by atoms with E-state index >= 15 is 0 Å². The molecule has 0 spiro atoms. The lowest BCUT2D eigenvalue weighted by Crippen LogP contribution is -1.97. The summed E-state index contributed by atoms with van der Waals surface area (Å²) in [5.74, 6) is 0.850. The summed E-state index contributed by atoms with van der Waals surface area (Å²) >= 11 is 0. The van der Waals surface area contributed by atoms with Gasteiger partial charge in [-0.15, -0.1) is 12.4 Å². The van der Waals surface area contributed by atoms with Crippen molar-refractivity contribution in [2.75, 3.05) is 6.61 Å². The van der Waals surface area contributed by atoms with E-state index in [0.717, 1.165) is 28.0 Å². The maximum Gasteiger partial charge on any atom is 0.189 e. The van der Waals surface area contributed by atoms with Crippen LogP contribution in [0.3, 0.4) is 0 Å². The first kappa shape index (κ1) is 15.3. The number of pyridine rings is 1. The molecule has 4 heteroatoms. The van der Waals surface area contributed by atoms with Crippen LogP contribution in [0, 0.1) is 0 Å². The third kappa shape index (κ3) is 3.14. The molecule has 1 aromatic carbocycles. The Kier molecular flexibility index (Phi) is 4.76. The second kappa shape index (κ2) is 6.55. The molecule has 0 radical (unpaired) electrons. The van der Waals surface area contributed by atoms with E-state index < -0.39 is 0 Å². The Morgan fingerprint density at radius 1 is 1.24 bits per heavy atom. The van der Waals surface area contributed by atoms with Crippen molar-refractivity contribution in [1.82, 2.24) is 4.98 Å². The van der Waals surface area contributed by atoms with Crippen molar-refractivity contribution in [3.05, 3.63) is 65.0 Å². The fourth-order valence-electron chi connectivity index (χ4n) is 2.41. The van der Waals surface area contributed by atoms with Crippen LogP contribution in [-0.4, -0.2) is 17.4 Å². The summed E-state index contributed by atoms with van der Waals surface area (Å²) < 4.78 is 5.45. The molecule has 0 atom stereocenters. The van der Waals surface area contributed by atoms with Crippen LogP contribution < -0.4 is 4.74 Å². The Balaban J connectivity index is 0.00000161. The maximum atomic E-state index is 12.4. The number of ketones is 1. The number of aromatic nitrogens is 1. The number of fused-ring (bicyclic) bond motifs is 1. The van der Waals surface area contributed by atoms with Gasteiger partial charge in [-0.1, -0.05) is 6.07 Å². The second-order valence-electron chi connectivity index (χ2n) is 4.71. The zero-order valence-corrected chi connectivity index (χ0v) is 12.5. The van der Waals surface area contributed by atoms with Crippen molar-refractivity contribution in [1.29, 1.82) is 0 Å². The lowest BCUT2D eigenvalue weighted by Gasteiger charge is -2.04. The third-order valence-corrected chi connectivity index (χ3v) is 3.36. The van der Waals surface area contributed by atoms with Crippen molar-refractivity contribution in [3.8, 4) is 5.75 Å². The van der Waals surface area contributed by atoms with Gasteiger partial charge < -0.3 is 4.74 Å². The standard InChI is InChI=1S/C17H15NO2.ClH/c1-2-20-15-4-3-13-10-14(17(19)16(13)11-15)9-12-5-7-18-8-6-12;/h3-9,11H,2,10H2,1H3;1H/b14-9+;. The van der Waals surface area contributed by atoms with E-state index in [2.05, 4.69) is 4.98 Å². The highest BCUT2D eigenvalue weighted by Gasteiger charge is 2.25. The van der Waals surface area contributed by atoms with Crippen LogP contribution in [-0.2, 0) is 6.42 Å². The molecule has 0 amide bonds. The molecular formula is C17H16ClNO2. The Bertz CT molecular complexity index is 680. The van der Waals surface area contributed by atoms with E-state index in [1.54, 1.807) is 12.4 Å². The van der Waals surface area contributed by atoms with Crippen molar-refractivity contribution in [2.24, 2.45) is 0 Å². The lowest BCUT2D eigenvalue weighted by molar-refractivity contribution is 0.104. The van der Waals surface area contributed by atoms with Crippen LogP contribution in [0.15, 0.2) is 48.3 Å². The zero-order chi connectivity index (χ0) is 13.9. The summed E-state index contributed by atoms with van der Waals surface area (Å²) in [4.78, 5) is 16.4. The smallest absolute Gasteiger partial charge is 0.189 e. The minimum atomic E-state index is 0. The fourth-order valence-corrected chi connectivity index (χ4v) is 2.41. The summed E-state index contributed by atoms with van der Waals surface area (Å²) in [6.07, 6.45) is 6.07. The normalized spacial score (nSPS) is 14.7. The first-order valence-corrected chi connectivity index (χ1v) is 6.69. The van der Waals surface area contributed by atoms with Gasteiger partial charge in [0.05, 0.1) is 6.61 Å². The molecule has 1 heterocycles. The predicted molar refractivity (Wildman–Crippen MR) is 85.1 cm³/mol. The number of carbonyl (C=O) groups is 1. The summed E-state index contributed by atoms with van der Waals surface area (Å²) in [5.41, 5.74) is 3.65. The summed E-state index contributed by atoms with van der Waals surface area (Å²) in [6, 6.07) is 9.54. The number of rotatable bonds is 3. The van der Waals surface area contributed by atoms with E-state index in [4.69, 9.17) is 4.74 Å². The minimum Gasteiger partial charge on any atom is -0.494 e. The first-order valence-electron chi connectivity index (χ1n) is 6.69. The summed E-state index contributed by atoms with van der Waals surface area (Å²) in [7, 11) is 0. The maximum absolute atomic E-state index is 12.4. The molecule has 21 heavy (non-hydrogen) atoms. The molecular weight excluding hydrogens is 286 g/mol. The van der Waals surface area contributed by atoms with Crippen molar-refractivity contribution < 1.29 is 9.53 Å². The van der Waals surface area contributed by atoms with Crippen LogP contribution >= 0.6 is 12.4 Å². The van der Waals surface area contributed by atoms with Crippen LogP contribution in [0.2, 0.25) is 0 Å². The molecule has 0 bridgehead atoms. The van der Waals surface area contributed by atoms with Crippen molar-refractivity contribution in [3.63, 3.8) is 0 Å². The number of hydrogen-bond acceptors (Lipinski definition) is 3. The van der Waals surface area contributed by atoms with Gasteiger partial charge in [-0.2, -0.15) is 0 Å². The highest BCUT2D eigenvalue weighted by Crippen LogP contribution is 2.30. The molecule has 0 unspecified atom stereocenters. The number of allylic oxidation sites excluding steroid dienone is 1. The zero-order valence-electron chi connectivity index (χ0n) is 11.7. The van der Waals surface area contributed by atoms with Gasteiger partial charge in [-0.25, -0.2) is 0 Å². The number of hydrogen-bond donors (Lipinski definition) is 0. The Morgan fingerprint density at radius 3 is 2.71 bits per heavy atom. The molecule has 1 aliphatic carbocycles. The molecule has 1 aliphatic rings. The van der Waals surface area contributed by atoms with Crippen molar-refractivity contribution >= 4 is 24.3 Å². The number of halogens is 1. The third-order valence-electron chi connectivity index (χ3n) is 3.36. The first-order chi connectivity index (χ1) is 9.78. The summed E-state index contributed by atoms with van der Waals surface area (Å²) in [5, 5.41) is 0. The van der Waals surface area contributed by atoms with Gasteiger partial charge in [0.25, 0.3) is 0 Å². The van der Waals surface area contributed by atoms with E-state index in [0.29, 0.717) is 13.0 Å². The van der Waals surface area contributed by atoms with Gasteiger partial charge in [0, 0.05) is 30.0 Å². The van der Waals surface area contributed by atoms with Crippen LogP contribution in [0.4, 0.5) is 0 Å². The molecule has 108 valence electrons. The topological polar surface area (TPSA) is 39.2 Å². The van der Waals surface area contributed by atoms with Gasteiger partial charge in [-0.3, -0.25) is 9.78 Å². The molecule has 0 fully saturated rings. The van der Waals surface area contributed by atoms with Crippen LogP contribution in [0.5, 0.6) is 5.75 Å². The number of carbonyl (C=O) groups excluding carboxylic acids is 1. The van der Waals surface area contributed by atoms with Crippen LogP contribution in [0.1, 0.15) is 28.4 Å². The molecule has 3 nitrogen and oxygen atoms in total. The van der Waals surface area contributed by atoms with E-state index in [-0.39, 0.29) is 18.2 Å². The monoisotopic (exact) mass is 301 g/mol. The second-order valence-corrected chi connectivity index (χ2v) is 4.71. The van der Waals surface area contributed by atoms with Gasteiger partial charge >= 0.3 is 0 Å². The number of Topliss-reactive ketones (excluding diaryl/α,β-unsaturated/α-hetero) is 1. The average Bonchev–Trinajstić information content (AvgIpc) is 2.77. The molecule has 0 saturated carbocycles. The van der Waals surface area contributed by atoms with Gasteiger partial charge in [0.1, 0.15) is 5.75 Å². The highest BCUT2D eigenvalue weighted by atomic mass is 35.5. The number of ether oxygens (including phenoxy) is 1. The molecule has 2 aromatic rings. The number of nitrogens with zero attached hydrogens (tertiary/aromatic N) is 1. The van der Waals surface area contributed by atoms with E-state index in [9.17, 15) is 4.79 Å². The average molecular weight is 302 g/mol.